The van der Waals surface area contributed by atoms with Crippen molar-refractivity contribution in [2.24, 2.45) is 5.92 Å². The summed E-state index contributed by atoms with van der Waals surface area (Å²) in [4.78, 5) is 24.7. The van der Waals surface area contributed by atoms with E-state index in [9.17, 15) is 14.0 Å². The highest BCUT2D eigenvalue weighted by Crippen LogP contribution is 2.25. The molecule has 1 heterocycles. The molecule has 0 aliphatic carbocycles. The van der Waals surface area contributed by atoms with Crippen LogP contribution in [0.5, 0.6) is 0 Å². The zero-order valence-electron chi connectivity index (χ0n) is 11.4. The van der Waals surface area contributed by atoms with Crippen LogP contribution in [0.25, 0.3) is 0 Å². The summed E-state index contributed by atoms with van der Waals surface area (Å²) >= 11 is 0. The molecule has 20 heavy (non-hydrogen) atoms. The lowest BCUT2D eigenvalue weighted by Gasteiger charge is -2.24. The highest BCUT2D eigenvalue weighted by Gasteiger charge is 2.38. The number of likely N-dealkylation sites (tertiary alicyclic amines) is 1. The van der Waals surface area contributed by atoms with Crippen LogP contribution in [0.2, 0.25) is 0 Å². The van der Waals surface area contributed by atoms with Crippen LogP contribution < -0.4 is 5.32 Å². The third kappa shape index (κ3) is 2.74. The summed E-state index contributed by atoms with van der Waals surface area (Å²) in [5, 5.41) is 11.7. The first kappa shape index (κ1) is 14.3. The number of benzene rings is 1. The van der Waals surface area contributed by atoms with Crippen molar-refractivity contribution in [2.45, 2.75) is 26.3 Å². The summed E-state index contributed by atoms with van der Waals surface area (Å²) in [7, 11) is 0. The molecule has 2 amide bonds. The monoisotopic (exact) mass is 280 g/mol. The standard InChI is InChI=1S/C14H17FN2O3/c1-8-3-4-10(15)7-12(8)16-14(20)17-6-5-11(9(17)2)13(18)19/h3-4,7,9,11H,5-6H2,1-2H3,(H,16,20)(H,18,19). The number of carboxylic acids is 1. The SMILES string of the molecule is Cc1ccc(F)cc1NC(=O)N1CCC(C(=O)O)C1C. The quantitative estimate of drug-likeness (QED) is 0.874. The molecule has 1 aromatic carbocycles. The zero-order valence-corrected chi connectivity index (χ0v) is 11.4. The number of nitrogens with one attached hydrogen (secondary N) is 1. The van der Waals surface area contributed by atoms with Crippen molar-refractivity contribution in [1.29, 1.82) is 0 Å². The van der Waals surface area contributed by atoms with E-state index < -0.39 is 23.7 Å². The number of amides is 2. The van der Waals surface area contributed by atoms with Crippen molar-refractivity contribution in [3.8, 4) is 0 Å². The number of anilines is 1. The Bertz CT molecular complexity index is 547. The van der Waals surface area contributed by atoms with E-state index in [-0.39, 0.29) is 6.04 Å². The zero-order chi connectivity index (χ0) is 14.9. The maximum absolute atomic E-state index is 13.2. The van der Waals surface area contributed by atoms with Crippen molar-refractivity contribution < 1.29 is 19.1 Å². The number of aliphatic carboxylic acids is 1. The van der Waals surface area contributed by atoms with E-state index in [2.05, 4.69) is 5.32 Å². The number of carboxylic acid groups (broad SMARTS) is 1. The lowest BCUT2D eigenvalue weighted by atomic mass is 10.0. The molecule has 1 aliphatic heterocycles. The third-order valence-corrected chi connectivity index (χ3v) is 3.77. The van der Waals surface area contributed by atoms with Crippen molar-refractivity contribution >= 4 is 17.7 Å². The molecule has 0 aromatic heterocycles. The van der Waals surface area contributed by atoms with Crippen LogP contribution in [0.3, 0.4) is 0 Å². The van der Waals surface area contributed by atoms with Gasteiger partial charge in [-0.25, -0.2) is 9.18 Å². The minimum Gasteiger partial charge on any atom is -0.481 e. The minimum atomic E-state index is -0.894. The Morgan fingerprint density at radius 3 is 2.75 bits per heavy atom. The van der Waals surface area contributed by atoms with Gasteiger partial charge in [-0.05, 0) is 38.0 Å². The van der Waals surface area contributed by atoms with Gasteiger partial charge >= 0.3 is 12.0 Å². The van der Waals surface area contributed by atoms with Crippen molar-refractivity contribution in [3.05, 3.63) is 29.6 Å². The number of nitrogens with zero attached hydrogens (tertiary/aromatic N) is 1. The van der Waals surface area contributed by atoms with Gasteiger partial charge in [0.25, 0.3) is 0 Å². The van der Waals surface area contributed by atoms with Crippen LogP contribution in [-0.4, -0.2) is 34.6 Å². The van der Waals surface area contributed by atoms with Crippen LogP contribution in [0, 0.1) is 18.7 Å². The molecule has 2 N–H and O–H groups in total. The molecular weight excluding hydrogens is 263 g/mol. The number of halogens is 1. The van der Waals surface area contributed by atoms with Gasteiger partial charge in [-0.15, -0.1) is 0 Å². The fourth-order valence-corrected chi connectivity index (χ4v) is 2.47. The van der Waals surface area contributed by atoms with Crippen LogP contribution in [0.4, 0.5) is 14.9 Å². The van der Waals surface area contributed by atoms with Gasteiger partial charge in [-0.1, -0.05) is 6.07 Å². The molecule has 0 radical (unpaired) electrons. The van der Waals surface area contributed by atoms with Crippen molar-refractivity contribution in [2.75, 3.05) is 11.9 Å². The molecule has 0 bridgehead atoms. The number of hydrogen-bond donors (Lipinski definition) is 2. The lowest BCUT2D eigenvalue weighted by molar-refractivity contribution is -0.142. The molecule has 2 unspecified atom stereocenters. The fourth-order valence-electron chi connectivity index (χ4n) is 2.47. The van der Waals surface area contributed by atoms with E-state index in [1.54, 1.807) is 19.9 Å². The molecule has 0 spiro atoms. The molecule has 5 nitrogen and oxygen atoms in total. The number of hydrogen-bond acceptors (Lipinski definition) is 2. The second-order valence-electron chi connectivity index (χ2n) is 5.06. The first-order chi connectivity index (χ1) is 9.40. The molecule has 1 fully saturated rings. The Hall–Kier alpha value is -2.11. The lowest BCUT2D eigenvalue weighted by Crippen LogP contribution is -2.40. The highest BCUT2D eigenvalue weighted by molar-refractivity contribution is 5.91. The first-order valence-corrected chi connectivity index (χ1v) is 6.46. The fraction of sp³-hybridized carbons (Fsp3) is 0.429. The summed E-state index contributed by atoms with van der Waals surface area (Å²) in [6, 6.07) is 3.39. The van der Waals surface area contributed by atoms with E-state index in [0.717, 1.165) is 5.56 Å². The van der Waals surface area contributed by atoms with E-state index in [4.69, 9.17) is 5.11 Å². The van der Waals surface area contributed by atoms with Gasteiger partial charge in [0.05, 0.1) is 5.92 Å². The average molecular weight is 280 g/mol. The average Bonchev–Trinajstić information content (AvgIpc) is 2.76. The molecule has 6 heteroatoms. The van der Waals surface area contributed by atoms with Gasteiger partial charge < -0.3 is 15.3 Å². The minimum absolute atomic E-state index is 0.374. The van der Waals surface area contributed by atoms with E-state index >= 15 is 0 Å². The van der Waals surface area contributed by atoms with Crippen LogP contribution in [0.1, 0.15) is 18.9 Å². The van der Waals surface area contributed by atoms with Gasteiger partial charge in [-0.3, -0.25) is 4.79 Å². The van der Waals surface area contributed by atoms with E-state index in [0.29, 0.717) is 18.7 Å². The Morgan fingerprint density at radius 2 is 2.15 bits per heavy atom. The van der Waals surface area contributed by atoms with Gasteiger partial charge in [0, 0.05) is 18.3 Å². The molecule has 2 atom stereocenters. The predicted octanol–water partition coefficient (Wildman–Crippen LogP) is 2.46. The van der Waals surface area contributed by atoms with Crippen LogP contribution in [0.15, 0.2) is 18.2 Å². The summed E-state index contributed by atoms with van der Waals surface area (Å²) in [5.74, 6) is -1.87. The van der Waals surface area contributed by atoms with Crippen LogP contribution >= 0.6 is 0 Å². The number of aryl methyl sites for hydroxylation is 1. The Kier molecular flexibility index (Phi) is 3.92. The number of rotatable bonds is 2. The molecule has 108 valence electrons. The summed E-state index contributed by atoms with van der Waals surface area (Å²) in [5.41, 5.74) is 1.15. The Balaban J connectivity index is 2.09. The Labute approximate surface area is 116 Å². The van der Waals surface area contributed by atoms with Crippen molar-refractivity contribution in [3.63, 3.8) is 0 Å². The van der Waals surface area contributed by atoms with Crippen LogP contribution in [-0.2, 0) is 4.79 Å². The molecule has 2 rings (SSSR count). The third-order valence-electron chi connectivity index (χ3n) is 3.77. The molecule has 1 aliphatic rings. The summed E-state index contributed by atoms with van der Waals surface area (Å²) < 4.78 is 13.2. The summed E-state index contributed by atoms with van der Waals surface area (Å²) in [6.45, 7) is 3.87. The predicted molar refractivity (Wildman–Crippen MR) is 72.1 cm³/mol. The second kappa shape index (κ2) is 5.48. The van der Waals surface area contributed by atoms with E-state index in [1.807, 2.05) is 0 Å². The number of urea groups is 1. The topological polar surface area (TPSA) is 69.6 Å². The van der Waals surface area contributed by atoms with Gasteiger partial charge in [0.15, 0.2) is 0 Å². The smallest absolute Gasteiger partial charge is 0.322 e. The normalized spacial score (nSPS) is 21.9. The van der Waals surface area contributed by atoms with Gasteiger partial charge in [-0.2, -0.15) is 0 Å². The largest absolute Gasteiger partial charge is 0.481 e. The maximum Gasteiger partial charge on any atom is 0.322 e. The molecule has 0 saturated carbocycles. The number of carbonyl (C=O) groups excluding carboxylic acids is 1. The Morgan fingerprint density at radius 1 is 1.45 bits per heavy atom. The maximum atomic E-state index is 13.2. The highest BCUT2D eigenvalue weighted by atomic mass is 19.1. The number of carbonyl (C=O) groups is 2. The second-order valence-corrected chi connectivity index (χ2v) is 5.06. The molecular formula is C14H17FN2O3. The summed E-state index contributed by atoms with van der Waals surface area (Å²) in [6.07, 6.45) is 0.437. The molecule has 1 aromatic rings. The van der Waals surface area contributed by atoms with Gasteiger partial charge in [0.2, 0.25) is 0 Å². The van der Waals surface area contributed by atoms with Crippen molar-refractivity contribution in [1.82, 2.24) is 4.90 Å². The van der Waals surface area contributed by atoms with E-state index in [1.165, 1.54) is 17.0 Å². The first-order valence-electron chi connectivity index (χ1n) is 6.46. The molecule has 1 saturated heterocycles. The van der Waals surface area contributed by atoms with Gasteiger partial charge in [0.1, 0.15) is 5.82 Å².